The number of aromatic amines is 1. The summed E-state index contributed by atoms with van der Waals surface area (Å²) in [5, 5.41) is 3.30. The van der Waals surface area contributed by atoms with E-state index in [4.69, 9.17) is 0 Å². The molecule has 0 radical (unpaired) electrons. The Bertz CT molecular complexity index is 1260. The molecular formula is C23H18N2O3S3. The molecule has 1 saturated heterocycles. The number of carbonyl (C=O) groups excluding carboxylic acids is 2. The van der Waals surface area contributed by atoms with Crippen molar-refractivity contribution >= 4 is 51.9 Å². The number of nitrogens with one attached hydrogen (secondary N) is 1. The highest BCUT2D eigenvalue weighted by Crippen LogP contribution is 2.68. The zero-order chi connectivity index (χ0) is 20.9. The molecule has 4 heterocycles. The van der Waals surface area contributed by atoms with Crippen molar-refractivity contribution in [2.45, 2.75) is 22.6 Å². The summed E-state index contributed by atoms with van der Waals surface area (Å²) in [6.45, 7) is 0. The van der Waals surface area contributed by atoms with Gasteiger partial charge in [-0.1, -0.05) is 35.6 Å². The van der Waals surface area contributed by atoms with Crippen LogP contribution in [-0.4, -0.2) is 22.0 Å². The lowest BCUT2D eigenvalue weighted by molar-refractivity contribution is -0.123. The molecule has 8 heteroatoms. The van der Waals surface area contributed by atoms with Crippen LogP contribution in [0.15, 0.2) is 57.7 Å². The van der Waals surface area contributed by atoms with Crippen molar-refractivity contribution in [2.24, 2.45) is 29.6 Å². The van der Waals surface area contributed by atoms with E-state index < -0.39 is 0 Å². The van der Waals surface area contributed by atoms with Gasteiger partial charge in [0, 0.05) is 20.9 Å². The molecule has 7 rings (SSSR count). The van der Waals surface area contributed by atoms with Crippen LogP contribution in [0.2, 0.25) is 0 Å². The number of thiazole rings is 1. The van der Waals surface area contributed by atoms with Crippen molar-refractivity contribution in [2.75, 3.05) is 4.90 Å². The Morgan fingerprint density at radius 2 is 1.71 bits per heavy atom. The molecule has 3 fully saturated rings. The van der Waals surface area contributed by atoms with Crippen LogP contribution in [-0.2, 0) is 9.59 Å². The van der Waals surface area contributed by atoms with E-state index in [0.29, 0.717) is 5.69 Å². The molecule has 2 amide bonds. The van der Waals surface area contributed by atoms with Crippen molar-refractivity contribution < 1.29 is 9.59 Å². The Morgan fingerprint density at radius 3 is 2.45 bits per heavy atom. The van der Waals surface area contributed by atoms with Crippen molar-refractivity contribution in [1.82, 2.24) is 4.98 Å². The molecular weight excluding hydrogens is 448 g/mol. The molecule has 2 aliphatic carbocycles. The highest BCUT2D eigenvalue weighted by Gasteiger charge is 2.69. The average molecular weight is 467 g/mol. The lowest BCUT2D eigenvalue weighted by Crippen LogP contribution is -2.42. The summed E-state index contributed by atoms with van der Waals surface area (Å²) in [6.07, 6.45) is 0.929. The first-order chi connectivity index (χ1) is 15.1. The summed E-state index contributed by atoms with van der Waals surface area (Å²) in [5.74, 6) is 0.224. The third-order valence-corrected chi connectivity index (χ3v) is 11.1. The van der Waals surface area contributed by atoms with Gasteiger partial charge in [-0.25, -0.2) is 0 Å². The monoisotopic (exact) mass is 466 g/mol. The Hall–Kier alpha value is -2.16. The minimum Gasteiger partial charge on any atom is -0.307 e. The van der Waals surface area contributed by atoms with Crippen LogP contribution in [0.3, 0.4) is 0 Å². The lowest BCUT2D eigenvalue weighted by Gasteiger charge is -2.42. The average Bonchev–Trinajstić information content (AvgIpc) is 3.56. The minimum atomic E-state index is -0.237. The van der Waals surface area contributed by atoms with Gasteiger partial charge in [0.15, 0.2) is 0 Å². The Kier molecular flexibility index (Phi) is 3.82. The van der Waals surface area contributed by atoms with Crippen LogP contribution in [0.4, 0.5) is 5.69 Å². The van der Waals surface area contributed by atoms with E-state index in [1.807, 2.05) is 30.3 Å². The maximum atomic E-state index is 13.6. The number of rotatable bonds is 2. The normalized spacial score (nSPS) is 35.4. The molecule has 1 aromatic carbocycles. The third kappa shape index (κ3) is 2.36. The second-order valence-corrected chi connectivity index (χ2v) is 12.0. The molecule has 2 aliphatic heterocycles. The van der Waals surface area contributed by atoms with E-state index in [0.717, 1.165) is 16.3 Å². The van der Waals surface area contributed by atoms with E-state index in [1.165, 1.54) is 21.1 Å². The smallest absolute Gasteiger partial charge is 0.305 e. The Morgan fingerprint density at radius 1 is 0.935 bits per heavy atom. The van der Waals surface area contributed by atoms with Crippen LogP contribution in [0, 0.1) is 29.6 Å². The first-order valence-corrected chi connectivity index (χ1v) is 13.1. The number of anilines is 1. The molecule has 2 saturated carbocycles. The van der Waals surface area contributed by atoms with Gasteiger partial charge in [-0.15, -0.1) is 23.1 Å². The number of benzene rings is 1. The van der Waals surface area contributed by atoms with Gasteiger partial charge >= 0.3 is 4.87 Å². The molecule has 31 heavy (non-hydrogen) atoms. The summed E-state index contributed by atoms with van der Waals surface area (Å²) in [7, 11) is 0. The molecule has 2 bridgehead atoms. The first-order valence-electron chi connectivity index (χ1n) is 10.5. The molecule has 3 aromatic rings. The Balaban J connectivity index is 1.34. The molecule has 0 spiro atoms. The molecule has 5 unspecified atom stereocenters. The number of H-pyrrole nitrogens is 1. The molecule has 5 nitrogen and oxygen atoms in total. The second-order valence-electron chi connectivity index (χ2n) is 8.82. The number of imide groups is 1. The second kappa shape index (κ2) is 6.43. The molecule has 1 N–H and O–H groups in total. The molecule has 2 aromatic heterocycles. The van der Waals surface area contributed by atoms with E-state index in [9.17, 15) is 14.4 Å². The fourth-order valence-electron chi connectivity index (χ4n) is 6.64. The van der Waals surface area contributed by atoms with E-state index >= 15 is 0 Å². The fourth-order valence-corrected chi connectivity index (χ4v) is 10.5. The number of hydrogen-bond acceptors (Lipinski definition) is 6. The number of thiophene rings is 1. The molecule has 4 aliphatic rings. The van der Waals surface area contributed by atoms with E-state index in [1.54, 1.807) is 23.1 Å². The SMILES string of the molecule is O=C1C2C(C(=O)N1c1ccccc1)[C@@H]1C[C@H]2C2Sc3[nH]c(=O)sc3C(c3cccs3)C21. The maximum absolute atomic E-state index is 13.6. The zero-order valence-corrected chi connectivity index (χ0v) is 18.7. The molecule has 7 atom stereocenters. The van der Waals surface area contributed by atoms with Gasteiger partial charge in [0.2, 0.25) is 11.8 Å². The summed E-state index contributed by atoms with van der Waals surface area (Å²) in [4.78, 5) is 46.1. The van der Waals surface area contributed by atoms with Gasteiger partial charge in [0.25, 0.3) is 0 Å². The van der Waals surface area contributed by atoms with Crippen molar-refractivity contribution in [3.63, 3.8) is 0 Å². The number of para-hydroxylation sites is 1. The number of nitrogens with zero attached hydrogens (tertiary/aromatic N) is 1. The van der Waals surface area contributed by atoms with Gasteiger partial charge in [-0.05, 0) is 47.8 Å². The van der Waals surface area contributed by atoms with Gasteiger partial charge < -0.3 is 4.98 Å². The highest BCUT2D eigenvalue weighted by atomic mass is 32.2. The summed E-state index contributed by atoms with van der Waals surface area (Å²) >= 11 is 4.77. The van der Waals surface area contributed by atoms with Gasteiger partial charge in [0.1, 0.15) is 0 Å². The molecule has 156 valence electrons. The van der Waals surface area contributed by atoms with Crippen molar-refractivity contribution in [1.29, 1.82) is 0 Å². The van der Waals surface area contributed by atoms with Crippen molar-refractivity contribution in [3.8, 4) is 0 Å². The quantitative estimate of drug-likeness (QED) is 0.576. The van der Waals surface area contributed by atoms with E-state index in [2.05, 4.69) is 22.5 Å². The largest absolute Gasteiger partial charge is 0.307 e. The number of fused-ring (bicyclic) bond motifs is 9. The predicted molar refractivity (Wildman–Crippen MR) is 122 cm³/mol. The topological polar surface area (TPSA) is 70.2 Å². The third-order valence-electron chi connectivity index (χ3n) is 7.59. The number of amides is 2. The van der Waals surface area contributed by atoms with Crippen LogP contribution in [0.25, 0.3) is 0 Å². The summed E-state index contributed by atoms with van der Waals surface area (Å²) in [5.41, 5.74) is 0.681. The van der Waals surface area contributed by atoms with Gasteiger partial charge in [0.05, 0.1) is 22.5 Å². The highest BCUT2D eigenvalue weighted by molar-refractivity contribution is 8.00. The van der Waals surface area contributed by atoms with Crippen LogP contribution in [0.1, 0.15) is 22.1 Å². The first kappa shape index (κ1) is 18.4. The fraction of sp³-hybridized carbons (Fsp3) is 0.348. The number of thioether (sulfide) groups is 1. The summed E-state index contributed by atoms with van der Waals surface area (Å²) in [6, 6.07) is 13.5. The minimum absolute atomic E-state index is 0.0195. The van der Waals surface area contributed by atoms with E-state index in [-0.39, 0.29) is 57.4 Å². The number of hydrogen-bond donors (Lipinski definition) is 1. The zero-order valence-electron chi connectivity index (χ0n) is 16.3. The van der Waals surface area contributed by atoms with Crippen LogP contribution in [0.5, 0.6) is 0 Å². The number of aromatic nitrogens is 1. The van der Waals surface area contributed by atoms with Crippen LogP contribution >= 0.6 is 34.4 Å². The van der Waals surface area contributed by atoms with Crippen LogP contribution < -0.4 is 9.77 Å². The summed E-state index contributed by atoms with van der Waals surface area (Å²) < 4.78 is 0. The predicted octanol–water partition coefficient (Wildman–Crippen LogP) is 4.18. The Labute approximate surface area is 190 Å². The maximum Gasteiger partial charge on any atom is 0.305 e. The van der Waals surface area contributed by atoms with Crippen molar-refractivity contribution in [3.05, 3.63) is 67.3 Å². The number of carbonyl (C=O) groups is 2. The lowest BCUT2D eigenvalue weighted by atomic mass is 9.69. The standard InChI is InChI=1S/C23H18N2O3S3/c26-21-15-11-9-12(16(15)22(27)25(21)10-5-2-1-3-6-10)18-14(11)17(13-7-4-8-29-13)19-20(30-18)24-23(28)31-19/h1-8,11-12,14-18H,9H2,(H,24,28)/t11-,12-,14?,15?,16?,17?,18?/m1/s1. The van der Waals surface area contributed by atoms with Gasteiger partial charge in [-0.3, -0.25) is 19.3 Å². The van der Waals surface area contributed by atoms with Gasteiger partial charge in [-0.2, -0.15) is 0 Å².